The Morgan fingerprint density at radius 3 is 2.53 bits per heavy atom. The minimum Gasteiger partial charge on any atom is -0.481 e. The lowest BCUT2D eigenvalue weighted by Gasteiger charge is -2.15. The van der Waals surface area contributed by atoms with Gasteiger partial charge in [-0.3, -0.25) is 15.2 Å². The van der Waals surface area contributed by atoms with Crippen LogP contribution in [0.2, 0.25) is 0 Å². The summed E-state index contributed by atoms with van der Waals surface area (Å²) in [5, 5.41) is 16.6. The molecule has 3 aromatic rings. The molecule has 0 fully saturated rings. The Bertz CT molecular complexity index is 1290. The Balaban J connectivity index is 1.92. The van der Waals surface area contributed by atoms with E-state index in [1.807, 2.05) is 11.5 Å². The molecular formula is C22H23FN4O4S. The fraction of sp³-hybridized carbons (Fsp3) is 0.273. The Morgan fingerprint density at radius 2 is 1.94 bits per heavy atom. The summed E-state index contributed by atoms with van der Waals surface area (Å²) in [6, 6.07) is 8.65. The average Bonchev–Trinajstić information content (AvgIpc) is 3.10. The number of hydrogen-bond acceptors (Lipinski definition) is 6. The predicted molar refractivity (Wildman–Crippen MR) is 120 cm³/mol. The number of esters is 1. The van der Waals surface area contributed by atoms with Crippen LogP contribution in [-0.4, -0.2) is 34.0 Å². The van der Waals surface area contributed by atoms with Crippen molar-refractivity contribution in [3.05, 3.63) is 58.1 Å². The number of aliphatic carboxylic acids is 1. The first kappa shape index (κ1) is 23.1. The molecule has 4 N–H and O–H groups in total. The van der Waals surface area contributed by atoms with Crippen LogP contribution in [0.15, 0.2) is 41.4 Å². The number of nitrogen functional groups attached to an aromatic ring is 1. The largest absolute Gasteiger partial charge is 0.481 e. The van der Waals surface area contributed by atoms with Crippen LogP contribution in [-0.2, 0) is 11.3 Å². The first-order chi connectivity index (χ1) is 15.0. The van der Waals surface area contributed by atoms with Gasteiger partial charge in [0.1, 0.15) is 5.84 Å². The highest BCUT2D eigenvalue weighted by atomic mass is 32.1. The van der Waals surface area contributed by atoms with Gasteiger partial charge >= 0.3 is 11.9 Å². The van der Waals surface area contributed by atoms with E-state index in [-0.39, 0.29) is 29.3 Å². The number of aromatic nitrogens is 1. The molecule has 0 aliphatic heterocycles. The first-order valence-corrected chi connectivity index (χ1v) is 10.6. The van der Waals surface area contributed by atoms with Crippen molar-refractivity contribution in [3.63, 3.8) is 0 Å². The van der Waals surface area contributed by atoms with Gasteiger partial charge in [-0.25, -0.2) is 9.18 Å². The van der Waals surface area contributed by atoms with E-state index in [0.29, 0.717) is 11.3 Å². The summed E-state index contributed by atoms with van der Waals surface area (Å²) >= 11 is 1.33. The Hall–Kier alpha value is -3.53. The number of benzene rings is 2. The third kappa shape index (κ3) is 4.70. The molecule has 0 spiro atoms. The van der Waals surface area contributed by atoms with Gasteiger partial charge in [-0.15, -0.1) is 0 Å². The van der Waals surface area contributed by atoms with Gasteiger partial charge in [0.2, 0.25) is 0 Å². The molecular weight excluding hydrogens is 435 g/mol. The van der Waals surface area contributed by atoms with E-state index in [2.05, 4.69) is 4.99 Å². The SMILES string of the molecule is CCn1/c(=N/CC(C)(C)C(=O)O)sc2cc(C(=O)Oc3ccc(C(=N)N)cc3F)ccc21. The smallest absolute Gasteiger partial charge is 0.343 e. The van der Waals surface area contributed by atoms with Crippen molar-refractivity contribution in [1.82, 2.24) is 4.57 Å². The fourth-order valence-electron chi connectivity index (χ4n) is 2.87. The zero-order valence-corrected chi connectivity index (χ0v) is 18.6. The van der Waals surface area contributed by atoms with E-state index in [9.17, 15) is 19.1 Å². The van der Waals surface area contributed by atoms with Crippen molar-refractivity contribution < 1.29 is 23.8 Å². The lowest BCUT2D eigenvalue weighted by atomic mass is 9.94. The fourth-order valence-corrected chi connectivity index (χ4v) is 4.00. The van der Waals surface area contributed by atoms with Crippen LogP contribution in [0, 0.1) is 16.6 Å². The average molecular weight is 459 g/mol. The van der Waals surface area contributed by atoms with Crippen molar-refractivity contribution in [2.45, 2.75) is 27.3 Å². The van der Waals surface area contributed by atoms with Crippen molar-refractivity contribution in [2.24, 2.45) is 16.1 Å². The number of nitrogens with two attached hydrogens (primary N) is 1. The number of thiazole rings is 1. The summed E-state index contributed by atoms with van der Waals surface area (Å²) in [4.78, 5) is 29.1. The number of carboxylic acid groups (broad SMARTS) is 1. The topological polar surface area (TPSA) is 131 Å². The van der Waals surface area contributed by atoms with Crippen molar-refractivity contribution in [2.75, 3.05) is 6.54 Å². The number of amidine groups is 1. The predicted octanol–water partition coefficient (Wildman–Crippen LogP) is 3.38. The molecule has 0 unspecified atom stereocenters. The molecule has 0 saturated heterocycles. The minimum absolute atomic E-state index is 0.111. The third-order valence-corrected chi connectivity index (χ3v) is 5.95. The molecule has 1 aromatic heterocycles. The van der Waals surface area contributed by atoms with Crippen LogP contribution in [0.5, 0.6) is 5.75 Å². The zero-order valence-electron chi connectivity index (χ0n) is 17.8. The summed E-state index contributed by atoms with van der Waals surface area (Å²) in [7, 11) is 0. The number of carbonyl (C=O) groups is 2. The number of aryl methyl sites for hydroxylation is 1. The van der Waals surface area contributed by atoms with E-state index in [1.165, 1.54) is 23.5 Å². The second-order valence-electron chi connectivity index (χ2n) is 7.77. The molecule has 2 aromatic carbocycles. The number of ether oxygens (including phenoxy) is 1. The maximum atomic E-state index is 14.2. The summed E-state index contributed by atoms with van der Waals surface area (Å²) < 4.78 is 22.1. The maximum Gasteiger partial charge on any atom is 0.343 e. The first-order valence-electron chi connectivity index (χ1n) is 9.77. The highest BCUT2D eigenvalue weighted by Gasteiger charge is 2.26. The van der Waals surface area contributed by atoms with Crippen LogP contribution >= 0.6 is 11.3 Å². The van der Waals surface area contributed by atoms with E-state index < -0.39 is 23.2 Å². The van der Waals surface area contributed by atoms with Gasteiger partial charge in [-0.05, 0) is 57.2 Å². The summed E-state index contributed by atoms with van der Waals surface area (Å²) in [5.41, 5.74) is 5.60. The molecule has 0 radical (unpaired) electrons. The van der Waals surface area contributed by atoms with E-state index in [4.69, 9.17) is 15.9 Å². The van der Waals surface area contributed by atoms with Gasteiger partial charge in [-0.2, -0.15) is 0 Å². The van der Waals surface area contributed by atoms with E-state index in [1.54, 1.807) is 32.0 Å². The molecule has 3 rings (SSSR count). The second kappa shape index (κ2) is 8.91. The van der Waals surface area contributed by atoms with Crippen molar-refractivity contribution in [3.8, 4) is 5.75 Å². The molecule has 1 heterocycles. The molecule has 8 nitrogen and oxygen atoms in total. The zero-order chi connectivity index (χ0) is 23.6. The molecule has 0 aliphatic rings. The third-order valence-electron chi connectivity index (χ3n) is 4.87. The Labute approximate surface area is 187 Å². The number of nitrogens with one attached hydrogen (secondary N) is 1. The normalized spacial score (nSPS) is 12.2. The van der Waals surface area contributed by atoms with Crippen LogP contribution in [0.4, 0.5) is 4.39 Å². The van der Waals surface area contributed by atoms with E-state index in [0.717, 1.165) is 16.3 Å². The number of halogens is 1. The number of nitrogens with zero attached hydrogens (tertiary/aromatic N) is 2. The molecule has 0 aliphatic carbocycles. The number of rotatable bonds is 7. The van der Waals surface area contributed by atoms with E-state index >= 15 is 0 Å². The summed E-state index contributed by atoms with van der Waals surface area (Å²) in [5.74, 6) is -3.01. The Morgan fingerprint density at radius 1 is 1.25 bits per heavy atom. The summed E-state index contributed by atoms with van der Waals surface area (Å²) in [6.07, 6.45) is 0. The van der Waals surface area contributed by atoms with Gasteiger partial charge in [0.15, 0.2) is 16.4 Å². The molecule has 0 atom stereocenters. The molecule has 0 saturated carbocycles. The molecule has 32 heavy (non-hydrogen) atoms. The molecule has 168 valence electrons. The van der Waals surface area contributed by atoms with Crippen molar-refractivity contribution in [1.29, 1.82) is 5.41 Å². The maximum absolute atomic E-state index is 14.2. The van der Waals surface area contributed by atoms with Crippen LogP contribution in [0.1, 0.15) is 36.7 Å². The number of carbonyl (C=O) groups excluding carboxylic acids is 1. The van der Waals surface area contributed by atoms with Gasteiger partial charge < -0.3 is 20.1 Å². The lowest BCUT2D eigenvalue weighted by molar-refractivity contribution is -0.146. The monoisotopic (exact) mass is 458 g/mol. The van der Waals surface area contributed by atoms with Crippen LogP contribution in [0.25, 0.3) is 10.2 Å². The highest BCUT2D eigenvalue weighted by Crippen LogP contribution is 2.23. The number of carboxylic acids is 1. The molecule has 0 bridgehead atoms. The Kier molecular flexibility index (Phi) is 6.45. The quantitative estimate of drug-likeness (QED) is 0.216. The van der Waals surface area contributed by atoms with Crippen molar-refractivity contribution >= 4 is 39.3 Å². The highest BCUT2D eigenvalue weighted by molar-refractivity contribution is 7.16. The van der Waals surface area contributed by atoms with Crippen LogP contribution in [0.3, 0.4) is 0 Å². The van der Waals surface area contributed by atoms with Gasteiger partial charge in [0.25, 0.3) is 0 Å². The van der Waals surface area contributed by atoms with Gasteiger partial charge in [0.05, 0.1) is 27.7 Å². The number of fused-ring (bicyclic) bond motifs is 1. The summed E-state index contributed by atoms with van der Waals surface area (Å²) in [6.45, 7) is 5.89. The van der Waals surface area contributed by atoms with Crippen LogP contribution < -0.4 is 15.3 Å². The van der Waals surface area contributed by atoms with Gasteiger partial charge in [0, 0.05) is 12.1 Å². The second-order valence-corrected chi connectivity index (χ2v) is 8.77. The molecule has 0 amide bonds. The van der Waals surface area contributed by atoms with Gasteiger partial charge in [-0.1, -0.05) is 11.3 Å². The standard InChI is InChI=1S/C22H23FN4O4S/c1-4-27-15-7-5-13(10-17(15)32-21(27)26-11-22(2,3)20(29)30)19(28)31-16-8-6-12(18(24)25)9-14(16)23/h5-10H,4,11H2,1-3H3,(H3,24,25)(H,29,30)/b26-21-. The molecule has 10 heteroatoms. The number of hydrogen-bond donors (Lipinski definition) is 3. The minimum atomic E-state index is -1.00. The lowest BCUT2D eigenvalue weighted by Crippen LogP contribution is -2.28.